The molecule has 0 aliphatic carbocycles. The molecule has 0 aliphatic heterocycles. The molecule has 11 heteroatoms. The van der Waals surface area contributed by atoms with Crippen molar-refractivity contribution in [2.75, 3.05) is 11.9 Å². The quantitative estimate of drug-likeness (QED) is 0.230. The molecule has 0 saturated carbocycles. The maximum Gasteiger partial charge on any atom is 0.324 e. The monoisotopic (exact) mass is 485 g/mol. The van der Waals surface area contributed by atoms with Crippen molar-refractivity contribution in [2.24, 2.45) is 0 Å². The molecule has 1 N–H and O–H groups in total. The van der Waals surface area contributed by atoms with Gasteiger partial charge in [0.15, 0.2) is 5.13 Å². The molecule has 4 aromatic rings. The SMILES string of the molecule is CCOc1ccc(-c2nc(NC(=O)c3ccc([N+](=O)[O-])s3)sc2Oc2cccc(F)c2)cc1. The van der Waals surface area contributed by atoms with E-state index in [1.165, 1.54) is 30.3 Å². The van der Waals surface area contributed by atoms with Gasteiger partial charge >= 0.3 is 5.00 Å². The summed E-state index contributed by atoms with van der Waals surface area (Å²) in [6.07, 6.45) is 0. The molecule has 0 spiro atoms. The fraction of sp³-hybridized carbons (Fsp3) is 0.0909. The Labute approximate surface area is 195 Å². The van der Waals surface area contributed by atoms with Crippen LogP contribution in [0, 0.1) is 15.9 Å². The van der Waals surface area contributed by atoms with Gasteiger partial charge in [-0.1, -0.05) is 28.7 Å². The average molecular weight is 486 g/mol. The minimum Gasteiger partial charge on any atom is -0.494 e. The van der Waals surface area contributed by atoms with Crippen LogP contribution in [0.2, 0.25) is 0 Å². The van der Waals surface area contributed by atoms with Crippen molar-refractivity contribution in [1.29, 1.82) is 0 Å². The number of amides is 1. The summed E-state index contributed by atoms with van der Waals surface area (Å²) >= 11 is 1.82. The molecular weight excluding hydrogens is 469 g/mol. The number of nitro groups is 1. The molecule has 168 valence electrons. The molecule has 33 heavy (non-hydrogen) atoms. The van der Waals surface area contributed by atoms with Crippen LogP contribution in [0.5, 0.6) is 16.6 Å². The summed E-state index contributed by atoms with van der Waals surface area (Å²) in [6.45, 7) is 2.41. The number of benzene rings is 2. The van der Waals surface area contributed by atoms with Gasteiger partial charge in [0.1, 0.15) is 23.0 Å². The van der Waals surface area contributed by atoms with Crippen LogP contribution < -0.4 is 14.8 Å². The normalized spacial score (nSPS) is 10.6. The van der Waals surface area contributed by atoms with Crippen LogP contribution >= 0.6 is 22.7 Å². The Hall–Kier alpha value is -3.83. The molecule has 8 nitrogen and oxygen atoms in total. The molecule has 2 heterocycles. The molecule has 0 fully saturated rings. The van der Waals surface area contributed by atoms with Crippen LogP contribution in [0.25, 0.3) is 11.3 Å². The molecule has 2 aromatic heterocycles. The van der Waals surface area contributed by atoms with E-state index < -0.39 is 16.6 Å². The Morgan fingerprint density at radius 2 is 1.91 bits per heavy atom. The van der Waals surface area contributed by atoms with E-state index in [0.717, 1.165) is 22.7 Å². The summed E-state index contributed by atoms with van der Waals surface area (Å²) in [5.41, 5.74) is 1.15. The predicted molar refractivity (Wildman–Crippen MR) is 124 cm³/mol. The van der Waals surface area contributed by atoms with Gasteiger partial charge in [0.05, 0.1) is 16.4 Å². The standard InChI is InChI=1S/C22H16FN3O5S2/c1-2-30-15-8-6-13(7-9-15)19-21(31-16-5-3-4-14(23)12-16)33-22(24-19)25-20(27)17-10-11-18(32-17)26(28)29/h3-12H,2H2,1H3,(H,24,25,27). The second-order valence-corrected chi connectivity index (χ2v) is 8.54. The molecule has 2 aromatic carbocycles. The Morgan fingerprint density at radius 3 is 2.58 bits per heavy atom. The van der Waals surface area contributed by atoms with Crippen molar-refractivity contribution in [2.45, 2.75) is 6.92 Å². The minimum absolute atomic E-state index is 0.135. The summed E-state index contributed by atoms with van der Waals surface area (Å²) in [5.74, 6) is -0.0145. The number of ether oxygens (including phenoxy) is 2. The number of carbonyl (C=O) groups excluding carboxylic acids is 1. The molecule has 0 unspecified atom stereocenters. The Balaban J connectivity index is 1.64. The number of hydrogen-bond donors (Lipinski definition) is 1. The lowest BCUT2D eigenvalue weighted by atomic mass is 10.1. The number of aromatic nitrogens is 1. The van der Waals surface area contributed by atoms with Crippen LogP contribution in [-0.2, 0) is 0 Å². The lowest BCUT2D eigenvalue weighted by Gasteiger charge is -2.07. The molecule has 0 aliphatic rings. The Morgan fingerprint density at radius 1 is 1.12 bits per heavy atom. The number of nitrogens with zero attached hydrogens (tertiary/aromatic N) is 2. The van der Waals surface area contributed by atoms with E-state index >= 15 is 0 Å². The van der Waals surface area contributed by atoms with E-state index in [9.17, 15) is 19.3 Å². The first-order chi connectivity index (χ1) is 15.9. The number of nitrogens with one attached hydrogen (secondary N) is 1. The summed E-state index contributed by atoms with van der Waals surface area (Å²) in [7, 11) is 0. The Bertz CT molecular complexity index is 1300. The third-order valence-corrected chi connectivity index (χ3v) is 6.14. The van der Waals surface area contributed by atoms with Gasteiger partial charge in [0, 0.05) is 17.7 Å². The second-order valence-electron chi connectivity index (χ2n) is 6.52. The first-order valence-corrected chi connectivity index (χ1v) is 11.3. The lowest BCUT2D eigenvalue weighted by molar-refractivity contribution is -0.380. The van der Waals surface area contributed by atoms with Crippen molar-refractivity contribution in [3.63, 3.8) is 0 Å². The van der Waals surface area contributed by atoms with Gasteiger partial charge in [-0.25, -0.2) is 9.37 Å². The highest BCUT2D eigenvalue weighted by atomic mass is 32.1. The van der Waals surface area contributed by atoms with Gasteiger partial charge in [-0.15, -0.1) is 0 Å². The molecule has 0 saturated heterocycles. The van der Waals surface area contributed by atoms with E-state index in [1.54, 1.807) is 30.3 Å². The van der Waals surface area contributed by atoms with Gasteiger partial charge in [-0.05, 0) is 49.4 Å². The van der Waals surface area contributed by atoms with Gasteiger partial charge in [0.25, 0.3) is 5.91 Å². The highest BCUT2D eigenvalue weighted by Crippen LogP contribution is 2.41. The number of thiophene rings is 1. The fourth-order valence-electron chi connectivity index (χ4n) is 2.83. The van der Waals surface area contributed by atoms with E-state index in [2.05, 4.69) is 10.3 Å². The zero-order chi connectivity index (χ0) is 23.4. The zero-order valence-corrected chi connectivity index (χ0v) is 18.7. The van der Waals surface area contributed by atoms with Crippen molar-refractivity contribution >= 4 is 38.7 Å². The first kappa shape index (κ1) is 22.4. The summed E-state index contributed by atoms with van der Waals surface area (Å²) in [6, 6.07) is 15.5. The van der Waals surface area contributed by atoms with Gasteiger partial charge in [-0.2, -0.15) is 0 Å². The topological polar surface area (TPSA) is 104 Å². The molecule has 0 atom stereocenters. The predicted octanol–water partition coefficient (Wildman–Crippen LogP) is 6.36. The highest BCUT2D eigenvalue weighted by molar-refractivity contribution is 7.19. The number of halogens is 1. The van der Waals surface area contributed by atoms with E-state index in [-0.39, 0.29) is 20.8 Å². The third kappa shape index (κ3) is 5.33. The van der Waals surface area contributed by atoms with Crippen molar-refractivity contribution in [1.82, 2.24) is 4.98 Å². The van der Waals surface area contributed by atoms with Crippen LogP contribution in [0.1, 0.15) is 16.6 Å². The number of hydrogen-bond acceptors (Lipinski definition) is 8. The van der Waals surface area contributed by atoms with Crippen molar-refractivity contribution in [3.8, 4) is 27.8 Å². The molecule has 0 radical (unpaired) electrons. The summed E-state index contributed by atoms with van der Waals surface area (Å²) in [4.78, 5) is 27.5. The van der Waals surface area contributed by atoms with E-state index in [0.29, 0.717) is 28.7 Å². The number of anilines is 1. The van der Waals surface area contributed by atoms with E-state index in [4.69, 9.17) is 9.47 Å². The molecular formula is C22H16FN3O5S2. The van der Waals surface area contributed by atoms with Crippen LogP contribution in [0.4, 0.5) is 14.5 Å². The average Bonchev–Trinajstić information content (AvgIpc) is 3.42. The molecule has 4 rings (SSSR count). The molecule has 1 amide bonds. The number of rotatable bonds is 8. The van der Waals surface area contributed by atoms with Crippen LogP contribution in [-0.4, -0.2) is 22.4 Å². The van der Waals surface area contributed by atoms with Crippen molar-refractivity contribution in [3.05, 3.63) is 81.5 Å². The smallest absolute Gasteiger partial charge is 0.324 e. The lowest BCUT2D eigenvalue weighted by Crippen LogP contribution is -2.09. The number of thiazole rings is 1. The summed E-state index contributed by atoms with van der Waals surface area (Å²) in [5, 5.41) is 14.0. The zero-order valence-electron chi connectivity index (χ0n) is 17.1. The third-order valence-electron chi connectivity index (χ3n) is 4.26. The second kappa shape index (κ2) is 9.76. The maximum atomic E-state index is 13.6. The largest absolute Gasteiger partial charge is 0.494 e. The fourth-order valence-corrected chi connectivity index (χ4v) is 4.40. The summed E-state index contributed by atoms with van der Waals surface area (Å²) < 4.78 is 25.0. The van der Waals surface area contributed by atoms with E-state index in [1.807, 2.05) is 6.92 Å². The first-order valence-electron chi connectivity index (χ1n) is 9.66. The van der Waals surface area contributed by atoms with Gasteiger partial charge in [-0.3, -0.25) is 20.2 Å². The highest BCUT2D eigenvalue weighted by Gasteiger charge is 2.20. The van der Waals surface area contributed by atoms with Crippen LogP contribution in [0.3, 0.4) is 0 Å². The molecule has 0 bridgehead atoms. The maximum absolute atomic E-state index is 13.6. The number of carbonyl (C=O) groups is 1. The van der Waals surface area contributed by atoms with Gasteiger partial charge in [0.2, 0.25) is 5.06 Å². The van der Waals surface area contributed by atoms with Crippen molar-refractivity contribution < 1.29 is 23.6 Å². The minimum atomic E-state index is -0.556. The van der Waals surface area contributed by atoms with Crippen LogP contribution in [0.15, 0.2) is 60.7 Å². The van der Waals surface area contributed by atoms with Gasteiger partial charge < -0.3 is 9.47 Å². The Kier molecular flexibility index (Phi) is 6.61.